The minimum Gasteiger partial charge on any atom is -0.497 e. The minimum atomic E-state index is -1.82. The number of nitrogens with one attached hydrogen (secondary N) is 1. The van der Waals surface area contributed by atoms with E-state index in [1.54, 1.807) is 7.11 Å². The number of carboxylic acid groups (broad SMARTS) is 2. The van der Waals surface area contributed by atoms with Crippen molar-refractivity contribution in [1.29, 1.82) is 0 Å². The van der Waals surface area contributed by atoms with Gasteiger partial charge in [0.25, 0.3) is 0 Å². The van der Waals surface area contributed by atoms with Crippen LogP contribution in [-0.2, 0) is 9.59 Å². The Hall–Kier alpha value is -3.65. The first-order valence-corrected chi connectivity index (χ1v) is 9.71. The largest absolute Gasteiger partial charge is 0.497 e. The molecule has 0 unspecified atom stereocenters. The number of hydrogen-bond acceptors (Lipinski definition) is 6. The summed E-state index contributed by atoms with van der Waals surface area (Å²) in [6, 6.07) is 18.6. The van der Waals surface area contributed by atoms with Gasteiger partial charge in [0.15, 0.2) is 0 Å². The zero-order valence-corrected chi connectivity index (χ0v) is 17.8. The van der Waals surface area contributed by atoms with Crippen LogP contribution in [0.25, 0.3) is 22.0 Å². The van der Waals surface area contributed by atoms with Gasteiger partial charge in [-0.25, -0.2) is 14.6 Å². The topological polar surface area (TPSA) is 112 Å². The third kappa shape index (κ3) is 7.27. The van der Waals surface area contributed by atoms with Crippen LogP contribution in [0, 0.1) is 0 Å². The summed E-state index contributed by atoms with van der Waals surface area (Å²) in [6.45, 7) is 1.95. The Morgan fingerprint density at radius 3 is 2.29 bits per heavy atom. The molecule has 0 saturated heterocycles. The molecular formula is C23H27N3O5. The first-order valence-electron chi connectivity index (χ1n) is 9.71. The number of aliphatic carboxylic acids is 2. The molecule has 1 aromatic heterocycles. The monoisotopic (exact) mass is 425 g/mol. The van der Waals surface area contributed by atoms with Gasteiger partial charge in [-0.15, -0.1) is 0 Å². The van der Waals surface area contributed by atoms with Gasteiger partial charge in [0, 0.05) is 18.0 Å². The molecule has 31 heavy (non-hydrogen) atoms. The Kier molecular flexibility index (Phi) is 8.78. The standard InChI is InChI=1S/C21H25N3O.C2H2O4/c1-24(2)13-7-12-22-21-15-19(16-8-5-4-6-9-16)18-11-10-17(25-3)14-20(18)23-21;3-1(4)2(5)6/h4-6,8-11,14-15H,7,12-13H2,1-3H3,(H,22,23);(H,3,4)(H,5,6). The SMILES string of the molecule is COc1ccc2c(-c3ccccc3)cc(NCCCN(C)C)nc2c1.O=C(O)C(=O)O. The van der Waals surface area contributed by atoms with Crippen LogP contribution in [0.5, 0.6) is 5.75 Å². The highest BCUT2D eigenvalue weighted by atomic mass is 16.5. The molecule has 8 heteroatoms. The van der Waals surface area contributed by atoms with Gasteiger partial charge in [0.1, 0.15) is 11.6 Å². The fraction of sp³-hybridized carbons (Fsp3) is 0.261. The maximum atomic E-state index is 9.10. The summed E-state index contributed by atoms with van der Waals surface area (Å²) < 4.78 is 5.37. The van der Waals surface area contributed by atoms with E-state index in [2.05, 4.69) is 60.7 Å². The van der Waals surface area contributed by atoms with Crippen molar-refractivity contribution >= 4 is 28.7 Å². The second-order valence-corrected chi connectivity index (χ2v) is 7.00. The molecule has 0 aliphatic rings. The Labute approximate surface area is 181 Å². The lowest BCUT2D eigenvalue weighted by Crippen LogP contribution is -2.16. The number of hydrogen-bond donors (Lipinski definition) is 3. The number of aromatic nitrogens is 1. The zero-order chi connectivity index (χ0) is 22.8. The summed E-state index contributed by atoms with van der Waals surface area (Å²) in [6.07, 6.45) is 1.07. The number of nitrogens with zero attached hydrogens (tertiary/aromatic N) is 2. The molecule has 0 atom stereocenters. The van der Waals surface area contributed by atoms with Crippen molar-refractivity contribution in [2.24, 2.45) is 0 Å². The molecule has 3 aromatic rings. The highest BCUT2D eigenvalue weighted by Gasteiger charge is 2.09. The lowest BCUT2D eigenvalue weighted by atomic mass is 10.0. The summed E-state index contributed by atoms with van der Waals surface area (Å²) in [7, 11) is 5.87. The van der Waals surface area contributed by atoms with E-state index in [4.69, 9.17) is 29.5 Å². The predicted molar refractivity (Wildman–Crippen MR) is 121 cm³/mol. The Morgan fingerprint density at radius 1 is 1.03 bits per heavy atom. The molecule has 0 radical (unpaired) electrons. The zero-order valence-electron chi connectivity index (χ0n) is 17.8. The number of benzene rings is 2. The maximum Gasteiger partial charge on any atom is 0.414 e. The number of ether oxygens (including phenoxy) is 1. The fourth-order valence-corrected chi connectivity index (χ4v) is 2.89. The summed E-state index contributed by atoms with van der Waals surface area (Å²) in [5.41, 5.74) is 3.32. The second kappa shape index (κ2) is 11.5. The molecule has 2 aromatic carbocycles. The van der Waals surface area contributed by atoms with Crippen molar-refractivity contribution in [2.45, 2.75) is 6.42 Å². The van der Waals surface area contributed by atoms with Crippen molar-refractivity contribution in [3.8, 4) is 16.9 Å². The van der Waals surface area contributed by atoms with Gasteiger partial charge in [-0.05, 0) is 56.4 Å². The van der Waals surface area contributed by atoms with E-state index in [0.29, 0.717) is 0 Å². The lowest BCUT2D eigenvalue weighted by Gasteiger charge is -2.13. The summed E-state index contributed by atoms with van der Waals surface area (Å²) in [5, 5.41) is 19.4. The summed E-state index contributed by atoms with van der Waals surface area (Å²) >= 11 is 0. The van der Waals surface area contributed by atoms with Crippen molar-refractivity contribution < 1.29 is 24.5 Å². The smallest absolute Gasteiger partial charge is 0.414 e. The molecule has 0 saturated carbocycles. The lowest BCUT2D eigenvalue weighted by molar-refractivity contribution is -0.159. The predicted octanol–water partition coefficient (Wildman–Crippen LogP) is 3.43. The van der Waals surface area contributed by atoms with Gasteiger partial charge in [-0.1, -0.05) is 30.3 Å². The first kappa shape index (κ1) is 23.6. The molecule has 1 heterocycles. The van der Waals surface area contributed by atoms with Crippen LogP contribution in [0.3, 0.4) is 0 Å². The van der Waals surface area contributed by atoms with E-state index in [1.807, 2.05) is 18.2 Å². The van der Waals surface area contributed by atoms with Crippen LogP contribution >= 0.6 is 0 Å². The summed E-state index contributed by atoms with van der Waals surface area (Å²) in [4.78, 5) is 25.2. The molecule has 3 rings (SSSR count). The van der Waals surface area contributed by atoms with Gasteiger partial charge in [0.2, 0.25) is 0 Å². The highest BCUT2D eigenvalue weighted by Crippen LogP contribution is 2.32. The van der Waals surface area contributed by atoms with Crippen LogP contribution in [-0.4, -0.2) is 66.3 Å². The Balaban J connectivity index is 0.000000501. The van der Waals surface area contributed by atoms with Gasteiger partial charge in [-0.2, -0.15) is 0 Å². The molecule has 0 aliphatic heterocycles. The molecule has 164 valence electrons. The second-order valence-electron chi connectivity index (χ2n) is 7.00. The van der Waals surface area contributed by atoms with Crippen LogP contribution in [0.4, 0.5) is 5.82 Å². The number of carboxylic acids is 2. The molecule has 3 N–H and O–H groups in total. The van der Waals surface area contributed by atoms with Crippen LogP contribution in [0.1, 0.15) is 6.42 Å². The number of fused-ring (bicyclic) bond motifs is 1. The van der Waals surface area contributed by atoms with Gasteiger partial charge in [0.05, 0.1) is 12.6 Å². The maximum absolute atomic E-state index is 9.10. The van der Waals surface area contributed by atoms with Crippen molar-refractivity contribution in [2.75, 3.05) is 39.6 Å². The van der Waals surface area contributed by atoms with E-state index >= 15 is 0 Å². The minimum absolute atomic E-state index is 0.823. The fourth-order valence-electron chi connectivity index (χ4n) is 2.89. The normalized spacial score (nSPS) is 10.3. The molecule has 0 amide bonds. The third-order valence-electron chi connectivity index (χ3n) is 4.37. The number of anilines is 1. The number of rotatable bonds is 7. The third-order valence-corrected chi connectivity index (χ3v) is 4.37. The van der Waals surface area contributed by atoms with Gasteiger partial charge in [-0.3, -0.25) is 0 Å². The average Bonchev–Trinajstić information content (AvgIpc) is 2.76. The van der Waals surface area contributed by atoms with Crippen molar-refractivity contribution in [3.05, 3.63) is 54.6 Å². The van der Waals surface area contributed by atoms with E-state index in [1.165, 1.54) is 11.1 Å². The van der Waals surface area contributed by atoms with E-state index in [9.17, 15) is 0 Å². The number of methoxy groups -OCH3 is 1. The van der Waals surface area contributed by atoms with E-state index < -0.39 is 11.9 Å². The first-order chi connectivity index (χ1) is 14.8. The quantitative estimate of drug-likeness (QED) is 0.390. The van der Waals surface area contributed by atoms with Crippen LogP contribution < -0.4 is 10.1 Å². The average molecular weight is 425 g/mol. The molecule has 8 nitrogen and oxygen atoms in total. The molecule has 0 aliphatic carbocycles. The molecule has 0 spiro atoms. The number of carbonyl (C=O) groups is 2. The molecule has 0 bridgehead atoms. The number of pyridine rings is 1. The highest BCUT2D eigenvalue weighted by molar-refractivity contribution is 6.27. The van der Waals surface area contributed by atoms with E-state index in [0.717, 1.165) is 42.0 Å². The Bertz CT molecular complexity index is 1010. The van der Waals surface area contributed by atoms with Gasteiger partial charge < -0.3 is 25.2 Å². The molecular weight excluding hydrogens is 398 g/mol. The van der Waals surface area contributed by atoms with Crippen LogP contribution in [0.2, 0.25) is 0 Å². The van der Waals surface area contributed by atoms with Crippen molar-refractivity contribution in [1.82, 2.24) is 9.88 Å². The Morgan fingerprint density at radius 2 is 1.71 bits per heavy atom. The molecule has 0 fully saturated rings. The van der Waals surface area contributed by atoms with Crippen molar-refractivity contribution in [3.63, 3.8) is 0 Å². The van der Waals surface area contributed by atoms with Gasteiger partial charge >= 0.3 is 11.9 Å². The summed E-state index contributed by atoms with van der Waals surface area (Å²) in [5.74, 6) is -1.92. The van der Waals surface area contributed by atoms with E-state index in [-0.39, 0.29) is 0 Å². The van der Waals surface area contributed by atoms with Crippen LogP contribution in [0.15, 0.2) is 54.6 Å².